The molecule has 1 fully saturated rings. The first-order valence-electron chi connectivity index (χ1n) is 16.3. The van der Waals surface area contributed by atoms with Crippen molar-refractivity contribution in [2.75, 3.05) is 13.2 Å². The van der Waals surface area contributed by atoms with Gasteiger partial charge in [0.25, 0.3) is 0 Å². The summed E-state index contributed by atoms with van der Waals surface area (Å²) < 4.78 is 64.4. The van der Waals surface area contributed by atoms with Gasteiger partial charge in [-0.2, -0.15) is 0 Å². The molecule has 0 aromatic heterocycles. The van der Waals surface area contributed by atoms with Gasteiger partial charge in [-0.25, -0.2) is 13.7 Å². The van der Waals surface area contributed by atoms with Gasteiger partial charge in [-0.3, -0.25) is 27.7 Å². The smallest absolute Gasteiger partial charge is 0.462 e. The van der Waals surface area contributed by atoms with E-state index in [2.05, 4.69) is 16.0 Å². The number of unbranched alkanes of at least 4 members (excludes halogenated alkanes) is 10. The van der Waals surface area contributed by atoms with Crippen LogP contribution in [-0.4, -0.2) is 108 Å². The molecule has 8 N–H and O–H groups in total. The third-order valence-electron chi connectivity index (χ3n) is 7.41. The second-order valence-electron chi connectivity index (χ2n) is 11.8. The van der Waals surface area contributed by atoms with Crippen LogP contribution in [0.5, 0.6) is 0 Å². The lowest BCUT2D eigenvalue weighted by Crippen LogP contribution is -2.65. The minimum Gasteiger partial charge on any atom is -0.462 e. The largest absolute Gasteiger partial charge is 0.472 e. The number of aliphatic hydroxyl groups excluding tert-OH is 3. The molecule has 0 aliphatic heterocycles. The van der Waals surface area contributed by atoms with E-state index in [0.29, 0.717) is 12.8 Å². The first-order chi connectivity index (χ1) is 22.8. The molecular weight excluding hydrogens is 721 g/mol. The van der Waals surface area contributed by atoms with Crippen LogP contribution in [0.3, 0.4) is 0 Å². The van der Waals surface area contributed by atoms with E-state index in [1.807, 2.05) is 6.92 Å². The highest BCUT2D eigenvalue weighted by Gasteiger charge is 2.56. The molecule has 8 atom stereocenters. The zero-order valence-corrected chi connectivity index (χ0v) is 30.4. The molecule has 1 rings (SSSR count). The van der Waals surface area contributed by atoms with E-state index in [9.17, 15) is 53.3 Å². The number of esters is 2. The van der Waals surface area contributed by atoms with Gasteiger partial charge in [-0.15, -0.1) is 0 Å². The molecule has 1 unspecified atom stereocenters. The number of carbonyl (C=O) groups excluding carboxylic acids is 2. The summed E-state index contributed by atoms with van der Waals surface area (Å²) >= 11 is 0. The van der Waals surface area contributed by atoms with Gasteiger partial charge in [0.05, 0.1) is 6.61 Å². The zero-order valence-electron chi connectivity index (χ0n) is 27.8. The van der Waals surface area contributed by atoms with Crippen LogP contribution in [0.25, 0.3) is 0 Å². The number of ether oxygens (including phenoxy) is 2. The number of aliphatic hydroxyl groups is 3. The van der Waals surface area contributed by atoms with Crippen LogP contribution in [0.2, 0.25) is 0 Å². The quantitative estimate of drug-likeness (QED) is 0.0356. The van der Waals surface area contributed by atoms with E-state index in [0.717, 1.165) is 64.2 Å². The molecule has 22 heteroatoms. The summed E-state index contributed by atoms with van der Waals surface area (Å²) in [5.41, 5.74) is 0. The molecule has 0 spiro atoms. The second-order valence-corrected chi connectivity index (χ2v) is 15.5. The summed E-state index contributed by atoms with van der Waals surface area (Å²) in [4.78, 5) is 71.8. The predicted octanol–water partition coefficient (Wildman–Crippen LogP) is 2.50. The summed E-state index contributed by atoms with van der Waals surface area (Å²) in [6.45, 7) is 2.67. The molecule has 0 bridgehead atoms. The van der Waals surface area contributed by atoms with E-state index in [-0.39, 0.29) is 12.8 Å². The highest BCUT2D eigenvalue weighted by atomic mass is 31.2. The predicted molar refractivity (Wildman–Crippen MR) is 169 cm³/mol. The third-order valence-corrected chi connectivity index (χ3v) is 9.44. The summed E-state index contributed by atoms with van der Waals surface area (Å²) in [5, 5.41) is 31.4. The van der Waals surface area contributed by atoms with Crippen LogP contribution in [0.4, 0.5) is 0 Å². The minimum atomic E-state index is -5.58. The van der Waals surface area contributed by atoms with Crippen molar-refractivity contribution in [1.29, 1.82) is 0 Å². The number of rotatable bonds is 26. The van der Waals surface area contributed by atoms with Crippen LogP contribution >= 0.6 is 23.5 Å². The number of hydrogen-bond donors (Lipinski definition) is 8. The second kappa shape index (κ2) is 22.9. The van der Waals surface area contributed by atoms with Gasteiger partial charge in [0, 0.05) is 12.8 Å². The maximum Gasteiger partial charge on any atom is 0.472 e. The van der Waals surface area contributed by atoms with Crippen LogP contribution in [0.1, 0.15) is 104 Å². The Bertz CT molecular complexity index is 1110. The average Bonchev–Trinajstić information content (AvgIpc) is 2.99. The fraction of sp³-hybridized carbons (Fsp3) is 0.926. The Morgan fingerprint density at radius 2 is 1.00 bits per heavy atom. The van der Waals surface area contributed by atoms with Gasteiger partial charge in [0.2, 0.25) is 0 Å². The highest BCUT2D eigenvalue weighted by Crippen LogP contribution is 2.51. The first-order valence-corrected chi connectivity index (χ1v) is 20.9. The summed E-state index contributed by atoms with van der Waals surface area (Å²) in [7, 11) is -16.5. The van der Waals surface area contributed by atoms with Crippen LogP contribution in [-0.2, 0) is 50.9 Å². The fourth-order valence-corrected chi connectivity index (χ4v) is 7.03. The normalized spacial score (nSPS) is 25.0. The highest BCUT2D eigenvalue weighted by molar-refractivity contribution is 7.47. The molecule has 1 aliphatic rings. The van der Waals surface area contributed by atoms with Gasteiger partial charge in [0.15, 0.2) is 6.10 Å². The van der Waals surface area contributed by atoms with Crippen molar-refractivity contribution in [3.05, 3.63) is 0 Å². The SMILES string of the molecule is CCCCCCCCCC(=O)O[C@H](COC(=O)CCCCCCC)COP(=O)(O)O[C@@H]1[C@H](O)[C@H](O)[C@@H](OP(=O)(O)O)[C@H](OP(=O)(O)O)[C@H]1O. The summed E-state index contributed by atoms with van der Waals surface area (Å²) in [6.07, 6.45) is -5.42. The number of phosphoric ester groups is 3. The molecular formula is C27H53O19P3. The number of carbonyl (C=O) groups is 2. The van der Waals surface area contributed by atoms with Crippen LogP contribution in [0, 0.1) is 0 Å². The molecule has 0 aromatic rings. The van der Waals surface area contributed by atoms with Crippen molar-refractivity contribution in [3.8, 4) is 0 Å². The van der Waals surface area contributed by atoms with Crippen molar-refractivity contribution in [3.63, 3.8) is 0 Å². The van der Waals surface area contributed by atoms with Crippen molar-refractivity contribution in [2.45, 2.75) is 146 Å². The van der Waals surface area contributed by atoms with E-state index in [1.54, 1.807) is 0 Å². The Morgan fingerprint density at radius 3 is 1.49 bits per heavy atom. The Balaban J connectivity index is 2.95. The molecule has 0 amide bonds. The lowest BCUT2D eigenvalue weighted by molar-refractivity contribution is -0.213. The molecule has 0 radical (unpaired) electrons. The minimum absolute atomic E-state index is 0.0000932. The van der Waals surface area contributed by atoms with Gasteiger partial charge < -0.3 is 49.3 Å². The van der Waals surface area contributed by atoms with Gasteiger partial charge in [-0.1, -0.05) is 78.1 Å². The Hall–Kier alpha value is -0.850. The standard InChI is InChI=1S/C27H53O19P3/c1-3-5-7-9-10-12-14-16-21(29)43-19(17-41-20(28)15-13-11-8-6-4-2)18-42-49(39,40)46-25-22(30)23(31)26(44-47(33,34)35)27(24(25)32)45-48(36,37)38/h19,22-27,30-32H,3-18H2,1-2H3,(H,39,40)(H2,33,34,35)(H2,36,37,38)/t19-,22-,23+,24+,25-,26-,27-/m1/s1. The Labute approximate surface area is 285 Å². The van der Waals surface area contributed by atoms with E-state index in [4.69, 9.17) is 28.3 Å². The first kappa shape index (κ1) is 46.2. The molecule has 1 saturated carbocycles. The molecule has 0 saturated heterocycles. The molecule has 1 aliphatic carbocycles. The van der Waals surface area contributed by atoms with Crippen molar-refractivity contribution >= 4 is 35.4 Å². The molecule has 0 heterocycles. The van der Waals surface area contributed by atoms with Gasteiger partial charge in [0.1, 0.15) is 43.2 Å². The maximum absolute atomic E-state index is 12.9. The number of hydrogen-bond acceptors (Lipinski definition) is 14. The summed E-state index contributed by atoms with van der Waals surface area (Å²) in [6, 6.07) is 0. The zero-order chi connectivity index (χ0) is 37.3. The van der Waals surface area contributed by atoms with E-state index in [1.165, 1.54) is 0 Å². The third kappa shape index (κ3) is 20.1. The van der Waals surface area contributed by atoms with Gasteiger partial charge in [-0.05, 0) is 12.8 Å². The summed E-state index contributed by atoms with van der Waals surface area (Å²) in [5.74, 6) is -1.32. The number of phosphoric acid groups is 3. The Kier molecular flexibility index (Phi) is 21.6. The molecule has 19 nitrogen and oxygen atoms in total. The van der Waals surface area contributed by atoms with Crippen LogP contribution in [0.15, 0.2) is 0 Å². The molecule has 290 valence electrons. The molecule has 49 heavy (non-hydrogen) atoms. The van der Waals surface area contributed by atoms with E-state index >= 15 is 0 Å². The van der Waals surface area contributed by atoms with Crippen molar-refractivity contribution in [1.82, 2.24) is 0 Å². The molecule has 0 aromatic carbocycles. The fourth-order valence-electron chi connectivity index (χ4n) is 4.93. The van der Waals surface area contributed by atoms with Crippen molar-refractivity contribution in [2.24, 2.45) is 0 Å². The lowest BCUT2D eigenvalue weighted by Gasteiger charge is -2.44. The average molecular weight is 775 g/mol. The lowest BCUT2D eigenvalue weighted by atomic mass is 9.85. The van der Waals surface area contributed by atoms with Gasteiger partial charge >= 0.3 is 35.4 Å². The Morgan fingerprint density at radius 1 is 0.571 bits per heavy atom. The van der Waals surface area contributed by atoms with Crippen LogP contribution < -0.4 is 0 Å². The monoisotopic (exact) mass is 774 g/mol. The van der Waals surface area contributed by atoms with Crippen molar-refractivity contribution < 1.29 is 90.6 Å². The van der Waals surface area contributed by atoms with E-state index < -0.39 is 91.3 Å². The maximum atomic E-state index is 12.9. The topological polar surface area (TPSA) is 303 Å².